The Morgan fingerprint density at radius 1 is 0.690 bits per heavy atom. The minimum Gasteiger partial charge on any atom is -0.478 e. The first-order valence-corrected chi connectivity index (χ1v) is 8.48. The monoisotopic (exact) mass is 388 g/mol. The van der Waals surface area contributed by atoms with Gasteiger partial charge in [-0.15, -0.1) is 0 Å². The fourth-order valence-electron chi connectivity index (χ4n) is 3.40. The van der Waals surface area contributed by atoms with Crippen molar-refractivity contribution in [1.29, 1.82) is 0 Å². The maximum Gasteiger partial charge on any atom is 0.347 e. The Hall–Kier alpha value is -4.26. The molecular weight excluding hydrogens is 376 g/mol. The largest absolute Gasteiger partial charge is 0.478 e. The molecular formula is C22H12O7. The van der Waals surface area contributed by atoms with Crippen molar-refractivity contribution in [3.63, 3.8) is 0 Å². The Morgan fingerprint density at radius 2 is 1.31 bits per heavy atom. The molecule has 0 radical (unpaired) electrons. The fraction of sp³-hybridized carbons (Fsp3) is 0. The quantitative estimate of drug-likeness (QED) is 0.516. The number of carboxylic acid groups (broad SMARTS) is 2. The fourth-order valence-corrected chi connectivity index (χ4v) is 3.40. The lowest BCUT2D eigenvalue weighted by molar-refractivity contribution is 0.0439. The molecule has 29 heavy (non-hydrogen) atoms. The van der Waals surface area contributed by atoms with Crippen molar-refractivity contribution in [3.8, 4) is 22.3 Å². The summed E-state index contributed by atoms with van der Waals surface area (Å²) in [5, 5.41) is 19.0. The highest BCUT2D eigenvalue weighted by Crippen LogP contribution is 2.37. The number of carboxylic acids is 2. The van der Waals surface area contributed by atoms with Crippen LogP contribution in [0, 0.1) is 0 Å². The number of benzene rings is 3. The second kappa shape index (κ2) is 6.72. The summed E-state index contributed by atoms with van der Waals surface area (Å²) in [5.41, 5.74) is 0.128. The second-order valence-electron chi connectivity index (χ2n) is 6.33. The Kier molecular flexibility index (Phi) is 4.20. The van der Waals surface area contributed by atoms with Gasteiger partial charge in [-0.1, -0.05) is 48.5 Å². The van der Waals surface area contributed by atoms with Crippen LogP contribution < -0.4 is 0 Å². The van der Waals surface area contributed by atoms with Crippen molar-refractivity contribution in [2.24, 2.45) is 0 Å². The average molecular weight is 388 g/mol. The van der Waals surface area contributed by atoms with E-state index in [9.17, 15) is 29.4 Å². The van der Waals surface area contributed by atoms with Crippen molar-refractivity contribution in [2.75, 3.05) is 0 Å². The minimum absolute atomic E-state index is 0.121. The molecule has 0 saturated carbocycles. The van der Waals surface area contributed by atoms with E-state index < -0.39 is 40.6 Å². The maximum absolute atomic E-state index is 12.3. The molecule has 1 aliphatic heterocycles. The number of cyclic esters (lactones) is 2. The van der Waals surface area contributed by atoms with E-state index >= 15 is 0 Å². The number of rotatable bonds is 4. The molecule has 142 valence electrons. The molecule has 0 atom stereocenters. The van der Waals surface area contributed by atoms with Gasteiger partial charge in [0, 0.05) is 0 Å². The lowest BCUT2D eigenvalue weighted by atomic mass is 9.88. The Balaban J connectivity index is 2.02. The average Bonchev–Trinajstić information content (AvgIpc) is 3.01. The molecule has 7 heteroatoms. The molecule has 0 spiro atoms. The van der Waals surface area contributed by atoms with Crippen molar-refractivity contribution >= 4 is 23.9 Å². The maximum atomic E-state index is 12.3. The van der Waals surface area contributed by atoms with Crippen LogP contribution in [0.25, 0.3) is 22.3 Å². The molecule has 0 unspecified atom stereocenters. The van der Waals surface area contributed by atoms with Crippen LogP contribution in [-0.4, -0.2) is 34.1 Å². The molecule has 3 aromatic carbocycles. The van der Waals surface area contributed by atoms with Gasteiger partial charge in [0.1, 0.15) is 0 Å². The molecule has 7 nitrogen and oxygen atoms in total. The third-order valence-electron chi connectivity index (χ3n) is 4.65. The van der Waals surface area contributed by atoms with Crippen LogP contribution in [0.2, 0.25) is 0 Å². The smallest absolute Gasteiger partial charge is 0.347 e. The topological polar surface area (TPSA) is 118 Å². The minimum atomic E-state index is -1.63. The van der Waals surface area contributed by atoms with Gasteiger partial charge in [-0.2, -0.15) is 0 Å². The number of esters is 2. The van der Waals surface area contributed by atoms with Crippen molar-refractivity contribution in [1.82, 2.24) is 0 Å². The molecule has 4 rings (SSSR count). The van der Waals surface area contributed by atoms with Crippen LogP contribution in [0.3, 0.4) is 0 Å². The van der Waals surface area contributed by atoms with Gasteiger partial charge < -0.3 is 14.9 Å². The van der Waals surface area contributed by atoms with E-state index in [-0.39, 0.29) is 11.1 Å². The molecule has 0 saturated heterocycles. The van der Waals surface area contributed by atoms with Crippen molar-refractivity contribution in [3.05, 3.63) is 82.9 Å². The van der Waals surface area contributed by atoms with E-state index in [0.717, 1.165) is 17.2 Å². The third-order valence-corrected chi connectivity index (χ3v) is 4.65. The van der Waals surface area contributed by atoms with Crippen LogP contribution in [0.5, 0.6) is 0 Å². The first kappa shape index (κ1) is 18.1. The zero-order valence-electron chi connectivity index (χ0n) is 14.7. The van der Waals surface area contributed by atoms with Gasteiger partial charge in [0.15, 0.2) is 0 Å². The van der Waals surface area contributed by atoms with Gasteiger partial charge in [0.25, 0.3) is 0 Å². The summed E-state index contributed by atoms with van der Waals surface area (Å²) in [5.74, 6) is -5.34. The van der Waals surface area contributed by atoms with Crippen LogP contribution in [-0.2, 0) is 4.74 Å². The summed E-state index contributed by atoms with van der Waals surface area (Å²) in [4.78, 5) is 47.8. The zero-order valence-corrected chi connectivity index (χ0v) is 14.7. The Bertz CT molecular complexity index is 1210. The summed E-state index contributed by atoms with van der Waals surface area (Å²) in [6.45, 7) is 0. The van der Waals surface area contributed by atoms with E-state index in [0.29, 0.717) is 5.56 Å². The van der Waals surface area contributed by atoms with E-state index in [1.54, 1.807) is 18.2 Å². The highest BCUT2D eigenvalue weighted by Gasteiger charge is 2.40. The van der Waals surface area contributed by atoms with E-state index in [1.165, 1.54) is 0 Å². The van der Waals surface area contributed by atoms with Gasteiger partial charge in [-0.25, -0.2) is 19.2 Å². The highest BCUT2D eigenvalue weighted by molar-refractivity contribution is 6.23. The summed E-state index contributed by atoms with van der Waals surface area (Å²) in [6, 6.07) is 17.4. The van der Waals surface area contributed by atoms with Gasteiger partial charge in [0.05, 0.1) is 22.3 Å². The lowest BCUT2D eigenvalue weighted by Gasteiger charge is -2.12. The Morgan fingerprint density at radius 3 is 1.97 bits per heavy atom. The molecule has 0 amide bonds. The van der Waals surface area contributed by atoms with E-state index in [1.807, 2.05) is 36.4 Å². The number of aromatic carboxylic acids is 2. The molecule has 1 heterocycles. The summed E-state index contributed by atoms with van der Waals surface area (Å²) < 4.78 is 4.60. The molecule has 0 aromatic heterocycles. The van der Waals surface area contributed by atoms with E-state index in [4.69, 9.17) is 0 Å². The molecule has 0 bridgehead atoms. The Labute approximate surface area is 163 Å². The number of hydrogen-bond acceptors (Lipinski definition) is 5. The molecule has 2 N–H and O–H groups in total. The standard InChI is InChI=1S/C22H12O7/c23-19(24)15-10-14(17-18(16(15)20(25)26)22(28)29-21(17)27)13-8-4-7-12(9-13)11-5-2-1-3-6-11/h1-10H,(H,23,24)(H,25,26). The number of carbonyl (C=O) groups is 4. The molecule has 0 aliphatic carbocycles. The molecule has 3 aromatic rings. The summed E-state index contributed by atoms with van der Waals surface area (Å²) in [6.07, 6.45) is 0. The van der Waals surface area contributed by atoms with E-state index in [2.05, 4.69) is 4.74 Å². The number of fused-ring (bicyclic) bond motifs is 1. The highest BCUT2D eigenvalue weighted by atomic mass is 16.6. The van der Waals surface area contributed by atoms with Crippen molar-refractivity contribution < 1.29 is 34.1 Å². The van der Waals surface area contributed by atoms with Gasteiger partial charge >= 0.3 is 23.9 Å². The third kappa shape index (κ3) is 2.94. The van der Waals surface area contributed by atoms with Crippen molar-refractivity contribution in [2.45, 2.75) is 0 Å². The number of hydrogen-bond donors (Lipinski definition) is 2. The molecule has 1 aliphatic rings. The number of ether oxygens (including phenoxy) is 1. The van der Waals surface area contributed by atoms with Gasteiger partial charge in [-0.3, -0.25) is 0 Å². The van der Waals surface area contributed by atoms with Gasteiger partial charge in [0.2, 0.25) is 0 Å². The van der Waals surface area contributed by atoms with Crippen LogP contribution in [0.1, 0.15) is 41.4 Å². The summed E-state index contributed by atoms with van der Waals surface area (Å²) in [7, 11) is 0. The normalized spacial score (nSPS) is 12.4. The first-order chi connectivity index (χ1) is 13.9. The SMILES string of the molecule is O=C(O)c1cc(-c2cccc(-c3ccccc3)c2)c2c(c1C(=O)O)C(=O)OC2=O. The predicted molar refractivity (Wildman–Crippen MR) is 101 cm³/mol. The number of carbonyl (C=O) groups excluding carboxylic acids is 2. The summed E-state index contributed by atoms with van der Waals surface area (Å²) >= 11 is 0. The lowest BCUT2D eigenvalue weighted by Crippen LogP contribution is -2.15. The zero-order chi connectivity index (χ0) is 20.7. The molecule has 0 fully saturated rings. The van der Waals surface area contributed by atoms with Gasteiger partial charge in [-0.05, 0) is 34.4 Å². The van der Waals surface area contributed by atoms with Crippen LogP contribution in [0.4, 0.5) is 0 Å². The second-order valence-corrected chi connectivity index (χ2v) is 6.33. The predicted octanol–water partition coefficient (Wildman–Crippen LogP) is 3.73. The van der Waals surface area contributed by atoms with Crippen LogP contribution >= 0.6 is 0 Å². The van der Waals surface area contributed by atoms with Crippen LogP contribution in [0.15, 0.2) is 60.7 Å². The first-order valence-electron chi connectivity index (χ1n) is 8.48.